The third-order valence-electron chi connectivity index (χ3n) is 4.13. The molecule has 9 heteroatoms. The van der Waals surface area contributed by atoms with Crippen LogP contribution in [0.1, 0.15) is 51.0 Å². The van der Waals surface area contributed by atoms with Crippen LogP contribution in [0, 0.1) is 0 Å². The molecule has 0 saturated carbocycles. The molecule has 0 spiro atoms. The first-order valence-corrected chi connectivity index (χ1v) is 10.6. The number of nitrogens with zero attached hydrogens (tertiary/aromatic N) is 2. The van der Waals surface area contributed by atoms with Crippen molar-refractivity contribution in [3.8, 4) is 17.1 Å². The quantitative estimate of drug-likeness (QED) is 0.300. The molecular formula is C19H23F3N2O3S. The molecule has 2 rings (SSSR count). The second kappa shape index (κ2) is 9.86. The maximum absolute atomic E-state index is 12.3. The summed E-state index contributed by atoms with van der Waals surface area (Å²) in [5.41, 5.74) is -3.90. The molecule has 0 aliphatic rings. The van der Waals surface area contributed by atoms with Crippen molar-refractivity contribution in [1.82, 2.24) is 9.97 Å². The van der Waals surface area contributed by atoms with Gasteiger partial charge in [0.1, 0.15) is 5.75 Å². The number of benzene rings is 1. The fourth-order valence-electron chi connectivity index (χ4n) is 2.58. The van der Waals surface area contributed by atoms with Crippen LogP contribution < -0.4 is 4.18 Å². The fourth-order valence-corrected chi connectivity index (χ4v) is 3.03. The van der Waals surface area contributed by atoms with E-state index in [-0.39, 0.29) is 0 Å². The standard InChI is InChI=1S/C19H23F3N2O3S/c1-2-3-4-5-6-7-8-15-13-23-18(24-14-15)16-9-11-17(12-10-16)27-28(25,26)19(20,21)22/h9-14H,2-8H2,1H3. The summed E-state index contributed by atoms with van der Waals surface area (Å²) in [6, 6.07) is 5.08. The van der Waals surface area contributed by atoms with E-state index in [9.17, 15) is 21.6 Å². The first-order chi connectivity index (χ1) is 13.2. The van der Waals surface area contributed by atoms with Crippen LogP contribution in [0.5, 0.6) is 5.75 Å². The average molecular weight is 416 g/mol. The number of aryl methyl sites for hydroxylation is 1. The second-order valence-electron chi connectivity index (χ2n) is 6.44. The maximum atomic E-state index is 12.3. The van der Waals surface area contributed by atoms with Crippen molar-refractivity contribution >= 4 is 10.1 Å². The maximum Gasteiger partial charge on any atom is 0.534 e. The zero-order valence-electron chi connectivity index (χ0n) is 15.6. The summed E-state index contributed by atoms with van der Waals surface area (Å²) in [6.45, 7) is 2.18. The Balaban J connectivity index is 1.92. The molecule has 0 N–H and O–H groups in total. The Hall–Kier alpha value is -2.16. The number of hydrogen-bond donors (Lipinski definition) is 0. The van der Waals surface area contributed by atoms with Crippen LogP contribution in [0.15, 0.2) is 36.7 Å². The highest BCUT2D eigenvalue weighted by Crippen LogP contribution is 2.28. The second-order valence-corrected chi connectivity index (χ2v) is 7.98. The Bertz CT molecular complexity index is 836. The van der Waals surface area contributed by atoms with Gasteiger partial charge in [-0.1, -0.05) is 39.0 Å². The Kier molecular flexibility index (Phi) is 7.79. The van der Waals surface area contributed by atoms with Gasteiger partial charge < -0.3 is 4.18 Å². The zero-order valence-corrected chi connectivity index (χ0v) is 16.4. The minimum atomic E-state index is -5.68. The Morgan fingerprint density at radius 1 is 0.929 bits per heavy atom. The number of halogens is 3. The normalized spacial score (nSPS) is 12.1. The molecule has 0 unspecified atom stereocenters. The molecule has 0 fully saturated rings. The van der Waals surface area contributed by atoms with Crippen LogP contribution in [0.3, 0.4) is 0 Å². The molecule has 28 heavy (non-hydrogen) atoms. The summed E-state index contributed by atoms with van der Waals surface area (Å²) in [6.07, 6.45) is 11.6. The van der Waals surface area contributed by atoms with Crippen LogP contribution >= 0.6 is 0 Å². The highest BCUT2D eigenvalue weighted by atomic mass is 32.2. The van der Waals surface area contributed by atoms with Crippen molar-refractivity contribution in [1.29, 1.82) is 0 Å². The van der Waals surface area contributed by atoms with E-state index < -0.39 is 21.4 Å². The predicted molar refractivity (Wildman–Crippen MR) is 100 cm³/mol. The molecule has 0 bridgehead atoms. The minimum absolute atomic E-state index is 0.400. The van der Waals surface area contributed by atoms with E-state index in [2.05, 4.69) is 21.1 Å². The summed E-state index contributed by atoms with van der Waals surface area (Å²) in [5, 5.41) is 0. The van der Waals surface area contributed by atoms with Crippen molar-refractivity contribution in [3.05, 3.63) is 42.2 Å². The monoisotopic (exact) mass is 416 g/mol. The molecule has 0 radical (unpaired) electrons. The summed E-state index contributed by atoms with van der Waals surface area (Å²) < 4.78 is 63.1. The van der Waals surface area contributed by atoms with Crippen LogP contribution in [0.2, 0.25) is 0 Å². The predicted octanol–water partition coefficient (Wildman–Crippen LogP) is 5.28. The van der Waals surface area contributed by atoms with Gasteiger partial charge in [-0.25, -0.2) is 9.97 Å². The Morgan fingerprint density at radius 3 is 2.07 bits per heavy atom. The largest absolute Gasteiger partial charge is 0.534 e. The number of alkyl halides is 3. The van der Waals surface area contributed by atoms with Crippen LogP contribution in [-0.2, 0) is 16.5 Å². The van der Waals surface area contributed by atoms with E-state index >= 15 is 0 Å². The number of rotatable bonds is 10. The average Bonchev–Trinajstić information content (AvgIpc) is 2.64. The van der Waals surface area contributed by atoms with Crippen LogP contribution in [0.25, 0.3) is 11.4 Å². The van der Waals surface area contributed by atoms with Gasteiger partial charge in [0.05, 0.1) is 0 Å². The molecule has 1 heterocycles. The van der Waals surface area contributed by atoms with Crippen molar-refractivity contribution < 1.29 is 25.8 Å². The molecule has 0 atom stereocenters. The third-order valence-corrected chi connectivity index (χ3v) is 5.11. The van der Waals surface area contributed by atoms with E-state index in [1.54, 1.807) is 12.4 Å². The Labute approximate surface area is 163 Å². The summed E-state index contributed by atoms with van der Waals surface area (Å²) in [7, 11) is -5.68. The van der Waals surface area contributed by atoms with Crippen molar-refractivity contribution in [2.24, 2.45) is 0 Å². The van der Waals surface area contributed by atoms with Crippen molar-refractivity contribution in [2.45, 2.75) is 57.4 Å². The van der Waals surface area contributed by atoms with Gasteiger partial charge in [-0.05, 0) is 42.7 Å². The lowest BCUT2D eigenvalue weighted by Gasteiger charge is -2.09. The lowest BCUT2D eigenvalue weighted by molar-refractivity contribution is -0.0500. The minimum Gasteiger partial charge on any atom is -0.376 e. The van der Waals surface area contributed by atoms with Gasteiger partial charge in [-0.2, -0.15) is 21.6 Å². The van der Waals surface area contributed by atoms with E-state index in [1.165, 1.54) is 44.2 Å². The van der Waals surface area contributed by atoms with Gasteiger partial charge in [0.15, 0.2) is 5.82 Å². The van der Waals surface area contributed by atoms with Crippen LogP contribution in [-0.4, -0.2) is 23.9 Å². The highest BCUT2D eigenvalue weighted by molar-refractivity contribution is 7.88. The number of hydrogen-bond acceptors (Lipinski definition) is 5. The fraction of sp³-hybridized carbons (Fsp3) is 0.474. The van der Waals surface area contributed by atoms with E-state index in [0.717, 1.165) is 30.5 Å². The lowest BCUT2D eigenvalue weighted by atomic mass is 10.1. The third kappa shape index (κ3) is 6.47. The zero-order chi connectivity index (χ0) is 20.6. The number of aromatic nitrogens is 2. The van der Waals surface area contributed by atoms with E-state index in [4.69, 9.17) is 0 Å². The van der Waals surface area contributed by atoms with Crippen molar-refractivity contribution in [2.75, 3.05) is 0 Å². The molecule has 0 amide bonds. The van der Waals surface area contributed by atoms with Crippen LogP contribution in [0.4, 0.5) is 13.2 Å². The SMILES string of the molecule is CCCCCCCCc1cnc(-c2ccc(OS(=O)(=O)C(F)(F)F)cc2)nc1. The van der Waals surface area contributed by atoms with Gasteiger partial charge in [-0.3, -0.25) is 0 Å². The summed E-state index contributed by atoms with van der Waals surface area (Å²) >= 11 is 0. The van der Waals surface area contributed by atoms with Crippen molar-refractivity contribution in [3.63, 3.8) is 0 Å². The van der Waals surface area contributed by atoms with E-state index in [0.29, 0.717) is 11.4 Å². The van der Waals surface area contributed by atoms with E-state index in [1.807, 2.05) is 0 Å². The highest BCUT2D eigenvalue weighted by Gasteiger charge is 2.48. The molecule has 0 saturated heterocycles. The van der Waals surface area contributed by atoms with Gasteiger partial charge in [0, 0.05) is 18.0 Å². The molecule has 1 aromatic carbocycles. The molecule has 0 aliphatic carbocycles. The van der Waals surface area contributed by atoms with Gasteiger partial charge >= 0.3 is 15.6 Å². The summed E-state index contributed by atoms with van der Waals surface area (Å²) in [4.78, 5) is 8.54. The first-order valence-electron chi connectivity index (χ1n) is 9.15. The Morgan fingerprint density at radius 2 is 1.50 bits per heavy atom. The molecule has 2 aromatic rings. The lowest BCUT2D eigenvalue weighted by Crippen LogP contribution is -2.28. The molecule has 5 nitrogen and oxygen atoms in total. The van der Waals surface area contributed by atoms with Gasteiger partial charge in [0.2, 0.25) is 0 Å². The topological polar surface area (TPSA) is 69.2 Å². The first kappa shape index (κ1) is 22.1. The molecular weight excluding hydrogens is 393 g/mol. The summed E-state index contributed by atoms with van der Waals surface area (Å²) in [5.74, 6) is -0.0299. The van der Waals surface area contributed by atoms with Gasteiger partial charge in [-0.15, -0.1) is 0 Å². The van der Waals surface area contributed by atoms with Gasteiger partial charge in [0.25, 0.3) is 0 Å². The molecule has 154 valence electrons. The number of unbranched alkanes of at least 4 members (excludes halogenated alkanes) is 5. The molecule has 0 aliphatic heterocycles. The molecule has 1 aromatic heterocycles. The smallest absolute Gasteiger partial charge is 0.376 e.